The molecule has 0 aliphatic rings. The number of carbonyl (C=O) groups is 1. The van der Waals surface area contributed by atoms with E-state index in [1.54, 1.807) is 54.9 Å². The first kappa shape index (κ1) is 19.5. The molecule has 0 saturated carbocycles. The van der Waals surface area contributed by atoms with Gasteiger partial charge in [-0.2, -0.15) is 0 Å². The molecule has 0 atom stereocenters. The van der Waals surface area contributed by atoms with Crippen LogP contribution in [0.3, 0.4) is 0 Å². The highest BCUT2D eigenvalue weighted by atomic mass is 16.6. The van der Waals surface area contributed by atoms with Crippen molar-refractivity contribution < 1.29 is 9.72 Å². The predicted molar refractivity (Wildman–Crippen MR) is 111 cm³/mol. The molecule has 1 heterocycles. The number of anilines is 3. The molecule has 1 aromatic heterocycles. The van der Waals surface area contributed by atoms with Crippen molar-refractivity contribution in [2.45, 2.75) is 6.54 Å². The van der Waals surface area contributed by atoms with Gasteiger partial charge in [0.2, 0.25) is 11.9 Å². The number of benzene rings is 2. The summed E-state index contributed by atoms with van der Waals surface area (Å²) < 4.78 is 0. The number of rotatable bonds is 7. The van der Waals surface area contributed by atoms with Crippen LogP contribution in [-0.4, -0.2) is 20.8 Å². The monoisotopic (exact) mass is 390 g/mol. The Morgan fingerprint density at radius 2 is 1.79 bits per heavy atom. The molecule has 3 aromatic rings. The van der Waals surface area contributed by atoms with Gasteiger partial charge >= 0.3 is 0 Å². The molecule has 0 fully saturated rings. The molecule has 2 aromatic carbocycles. The summed E-state index contributed by atoms with van der Waals surface area (Å²) >= 11 is 0. The topological polar surface area (TPSA) is 136 Å². The summed E-state index contributed by atoms with van der Waals surface area (Å²) in [6.07, 6.45) is 6.11. The molecule has 4 N–H and O–H groups in total. The molecule has 29 heavy (non-hydrogen) atoms. The number of non-ortho nitro benzene ring substituents is 1. The highest BCUT2D eigenvalue weighted by Crippen LogP contribution is 2.16. The number of aromatic nitrogens is 2. The van der Waals surface area contributed by atoms with Crippen molar-refractivity contribution in [3.8, 4) is 0 Å². The van der Waals surface area contributed by atoms with Gasteiger partial charge in [-0.15, -0.1) is 0 Å². The molecule has 0 radical (unpaired) electrons. The third kappa shape index (κ3) is 5.60. The molecule has 0 bridgehead atoms. The Morgan fingerprint density at radius 3 is 2.45 bits per heavy atom. The van der Waals surface area contributed by atoms with E-state index in [9.17, 15) is 14.9 Å². The lowest BCUT2D eigenvalue weighted by Gasteiger charge is -2.05. The van der Waals surface area contributed by atoms with E-state index < -0.39 is 4.92 Å². The molecule has 9 nitrogen and oxygen atoms in total. The maximum absolute atomic E-state index is 12.0. The van der Waals surface area contributed by atoms with Crippen molar-refractivity contribution in [3.05, 3.63) is 88.2 Å². The van der Waals surface area contributed by atoms with Crippen LogP contribution < -0.4 is 16.4 Å². The van der Waals surface area contributed by atoms with Crippen LogP contribution in [0, 0.1) is 10.1 Å². The van der Waals surface area contributed by atoms with Gasteiger partial charge in [-0.3, -0.25) is 14.9 Å². The Labute approximate surface area is 166 Å². The Morgan fingerprint density at radius 1 is 1.10 bits per heavy atom. The van der Waals surface area contributed by atoms with E-state index in [1.165, 1.54) is 18.2 Å². The van der Waals surface area contributed by atoms with Crippen molar-refractivity contribution in [1.82, 2.24) is 9.97 Å². The van der Waals surface area contributed by atoms with Gasteiger partial charge in [-0.25, -0.2) is 9.97 Å². The number of nitrogens with zero attached hydrogens (tertiary/aromatic N) is 3. The van der Waals surface area contributed by atoms with E-state index in [-0.39, 0.29) is 11.6 Å². The number of nitrogens with one attached hydrogen (secondary N) is 2. The first-order chi connectivity index (χ1) is 14.0. The number of carbonyl (C=O) groups excluding carboxylic acids is 1. The van der Waals surface area contributed by atoms with E-state index in [0.717, 1.165) is 5.56 Å². The lowest BCUT2D eigenvalue weighted by atomic mass is 10.2. The molecule has 0 aliphatic carbocycles. The van der Waals surface area contributed by atoms with Gasteiger partial charge in [0.05, 0.1) is 16.3 Å². The van der Waals surface area contributed by atoms with Crippen LogP contribution in [0.4, 0.5) is 23.0 Å². The minimum atomic E-state index is -0.443. The fourth-order valence-electron chi connectivity index (χ4n) is 2.39. The van der Waals surface area contributed by atoms with Gasteiger partial charge in [-0.05, 0) is 23.8 Å². The molecule has 0 saturated heterocycles. The van der Waals surface area contributed by atoms with Crippen LogP contribution in [0.15, 0.2) is 67.0 Å². The molecule has 9 heteroatoms. The quantitative estimate of drug-likeness (QED) is 0.244. The number of para-hydroxylation sites is 2. The Hall–Kier alpha value is -4.27. The molecule has 0 aliphatic heterocycles. The average molecular weight is 390 g/mol. The van der Waals surface area contributed by atoms with Crippen LogP contribution in [0.5, 0.6) is 0 Å². The fourth-order valence-corrected chi connectivity index (χ4v) is 2.39. The Bertz CT molecular complexity index is 1030. The maximum atomic E-state index is 12.0. The van der Waals surface area contributed by atoms with Gasteiger partial charge in [0.25, 0.3) is 5.69 Å². The van der Waals surface area contributed by atoms with E-state index in [0.29, 0.717) is 29.4 Å². The molecule has 146 valence electrons. The lowest BCUT2D eigenvalue weighted by molar-refractivity contribution is -0.384. The second-order valence-electron chi connectivity index (χ2n) is 6.03. The van der Waals surface area contributed by atoms with Crippen molar-refractivity contribution in [2.24, 2.45) is 0 Å². The molecule has 3 rings (SSSR count). The summed E-state index contributed by atoms with van der Waals surface area (Å²) in [6.45, 7) is 0.425. The van der Waals surface area contributed by atoms with Gasteiger partial charge in [0.15, 0.2) is 0 Å². The molecule has 0 spiro atoms. The number of nitro benzene ring substituents is 1. The van der Waals surface area contributed by atoms with Crippen molar-refractivity contribution in [2.75, 3.05) is 16.4 Å². The molecular formula is C20H18N6O3. The van der Waals surface area contributed by atoms with Crippen molar-refractivity contribution >= 4 is 35.0 Å². The number of hydrogen-bond acceptors (Lipinski definition) is 7. The van der Waals surface area contributed by atoms with Gasteiger partial charge < -0.3 is 16.4 Å². The first-order valence-electron chi connectivity index (χ1n) is 8.64. The smallest absolute Gasteiger partial charge is 0.269 e. The number of nitro groups is 1. The third-order valence-corrected chi connectivity index (χ3v) is 3.92. The fraction of sp³-hybridized carbons (Fsp3) is 0.0500. The number of nitrogens with two attached hydrogens (primary N) is 1. The highest BCUT2D eigenvalue weighted by Gasteiger charge is 2.04. The summed E-state index contributed by atoms with van der Waals surface area (Å²) in [7, 11) is 0. The van der Waals surface area contributed by atoms with E-state index in [1.807, 2.05) is 0 Å². The zero-order valence-corrected chi connectivity index (χ0v) is 15.3. The highest BCUT2D eigenvalue weighted by molar-refractivity contribution is 6.03. The van der Waals surface area contributed by atoms with Crippen molar-refractivity contribution in [3.63, 3.8) is 0 Å². The SMILES string of the molecule is Nc1ccccc1NC(=O)/C=C\c1cnc(NCc2ccc([N+](=O)[O-])cc2)nc1. The Balaban J connectivity index is 1.53. The molecule has 0 unspecified atom stereocenters. The zero-order valence-electron chi connectivity index (χ0n) is 15.3. The minimum absolute atomic E-state index is 0.0418. The second-order valence-corrected chi connectivity index (χ2v) is 6.03. The van der Waals surface area contributed by atoms with Crippen LogP contribution in [0.1, 0.15) is 11.1 Å². The normalized spacial score (nSPS) is 10.6. The van der Waals surface area contributed by atoms with Crippen LogP contribution >= 0.6 is 0 Å². The summed E-state index contributed by atoms with van der Waals surface area (Å²) in [5.74, 6) is 0.0882. The zero-order chi connectivity index (χ0) is 20.6. The predicted octanol–water partition coefficient (Wildman–Crippen LogP) is 3.23. The van der Waals surface area contributed by atoms with E-state index in [4.69, 9.17) is 5.73 Å². The lowest BCUT2D eigenvalue weighted by Crippen LogP contribution is -2.09. The van der Waals surface area contributed by atoms with E-state index in [2.05, 4.69) is 20.6 Å². The number of nitrogen functional groups attached to an aromatic ring is 1. The van der Waals surface area contributed by atoms with Gasteiger partial charge in [0.1, 0.15) is 0 Å². The summed E-state index contributed by atoms with van der Waals surface area (Å²) in [5, 5.41) is 16.4. The minimum Gasteiger partial charge on any atom is -0.397 e. The van der Waals surface area contributed by atoms with Crippen LogP contribution in [0.25, 0.3) is 6.08 Å². The van der Waals surface area contributed by atoms with Crippen LogP contribution in [-0.2, 0) is 11.3 Å². The standard InChI is InChI=1S/C20H18N6O3/c21-17-3-1-2-4-18(17)25-19(27)10-7-15-12-23-20(24-13-15)22-11-14-5-8-16(9-6-14)26(28)29/h1-10,12-13H,11,21H2,(H,25,27)(H,22,23,24)/b10-7-. The number of hydrogen-bond donors (Lipinski definition) is 3. The summed E-state index contributed by atoms with van der Waals surface area (Å²) in [6, 6.07) is 13.2. The average Bonchev–Trinajstić information content (AvgIpc) is 2.73. The third-order valence-electron chi connectivity index (χ3n) is 3.92. The summed E-state index contributed by atoms with van der Waals surface area (Å²) in [4.78, 5) is 30.6. The van der Waals surface area contributed by atoms with E-state index >= 15 is 0 Å². The Kier molecular flexibility index (Phi) is 6.11. The second kappa shape index (κ2) is 9.09. The molecular weight excluding hydrogens is 372 g/mol. The molecule has 1 amide bonds. The van der Waals surface area contributed by atoms with Crippen LogP contribution in [0.2, 0.25) is 0 Å². The largest absolute Gasteiger partial charge is 0.397 e. The number of amides is 1. The maximum Gasteiger partial charge on any atom is 0.269 e. The van der Waals surface area contributed by atoms with Gasteiger partial charge in [0, 0.05) is 42.7 Å². The first-order valence-corrected chi connectivity index (χ1v) is 8.64. The summed E-state index contributed by atoms with van der Waals surface area (Å²) in [5.41, 5.74) is 8.38. The van der Waals surface area contributed by atoms with Crippen molar-refractivity contribution in [1.29, 1.82) is 0 Å². The van der Waals surface area contributed by atoms with Gasteiger partial charge in [-0.1, -0.05) is 24.3 Å².